The van der Waals surface area contributed by atoms with Gasteiger partial charge in [-0.3, -0.25) is 0 Å². The van der Waals surface area contributed by atoms with Crippen LogP contribution in [0.1, 0.15) is 5.56 Å². The Hall–Kier alpha value is -2.40. The van der Waals surface area contributed by atoms with Crippen molar-refractivity contribution in [2.75, 3.05) is 0 Å². The fraction of sp³-hybridized carbons (Fsp3) is 0.111. The van der Waals surface area contributed by atoms with Gasteiger partial charge < -0.3 is 59.2 Å². The van der Waals surface area contributed by atoms with Crippen molar-refractivity contribution in [3.63, 3.8) is 0 Å². The van der Waals surface area contributed by atoms with Gasteiger partial charge in [-0.15, -0.1) is 10.1 Å². The van der Waals surface area contributed by atoms with Gasteiger partial charge in [0, 0.05) is 0 Å². The standard InChI is InChI=1S/C9H8O.HNO3.9H2O/c1-2-6-9-8(4-1)5-3-7-10-9;2-1(3)4;;;;;;;;;/h1-4,6-7H,5H2;(H,2,3,4);9*1H2. The van der Waals surface area contributed by atoms with Crippen LogP contribution in [0, 0.1) is 10.1 Å². The van der Waals surface area contributed by atoms with E-state index in [1.807, 2.05) is 24.3 Å². The first-order chi connectivity index (χ1) is 6.70. The summed E-state index contributed by atoms with van der Waals surface area (Å²) in [6, 6.07) is 8.08. The smallest absolute Gasteiger partial charge is 0.291 e. The molecule has 1 aliphatic heterocycles. The first-order valence-corrected chi connectivity index (χ1v) is 3.93. The Morgan fingerprint density at radius 1 is 0.913 bits per heavy atom. The molecule has 0 bridgehead atoms. The lowest BCUT2D eigenvalue weighted by Gasteiger charge is -2.09. The second kappa shape index (κ2) is 31.8. The van der Waals surface area contributed by atoms with Gasteiger partial charge >= 0.3 is 0 Å². The average molecular weight is 357 g/mol. The summed E-state index contributed by atoms with van der Waals surface area (Å²) in [7, 11) is 0. The SMILES string of the molecule is C1=COc2ccccc2C1.O.O.O.O.O.O.O.O.O.O=[N+]([O-])O. The van der Waals surface area contributed by atoms with Crippen molar-refractivity contribution < 1.29 is 64.3 Å². The zero-order valence-electron chi connectivity index (χ0n) is 11.8. The van der Waals surface area contributed by atoms with Crippen molar-refractivity contribution >= 4 is 0 Å². The number of hydrogen-bond donors (Lipinski definition) is 1. The highest BCUT2D eigenvalue weighted by molar-refractivity contribution is 5.36. The normalized spacial score (nSPS) is 7.13. The molecular formula is C9H27NO13. The Morgan fingerprint density at radius 3 is 1.70 bits per heavy atom. The topological polar surface area (TPSA) is 356 Å². The van der Waals surface area contributed by atoms with Crippen LogP contribution >= 0.6 is 0 Å². The number of allylic oxidation sites excluding steroid dienone is 1. The Balaban J connectivity index is -0.0000000201. The Kier molecular flexibility index (Phi) is 81.3. The van der Waals surface area contributed by atoms with E-state index in [9.17, 15) is 0 Å². The molecule has 0 saturated carbocycles. The van der Waals surface area contributed by atoms with Crippen molar-refractivity contribution in [2.45, 2.75) is 6.42 Å². The molecule has 0 atom stereocenters. The molecule has 0 radical (unpaired) electrons. The minimum atomic E-state index is -1.50. The molecule has 1 heterocycles. The number of hydrogen-bond acceptors (Lipinski definition) is 3. The lowest BCUT2D eigenvalue weighted by molar-refractivity contribution is -0.742. The molecule has 19 N–H and O–H groups in total. The number of ether oxygens (including phenoxy) is 1. The van der Waals surface area contributed by atoms with Crippen LogP contribution in [0.15, 0.2) is 36.6 Å². The van der Waals surface area contributed by atoms with Crippen molar-refractivity contribution in [2.24, 2.45) is 0 Å². The molecule has 0 aliphatic carbocycles. The number of rotatable bonds is 0. The molecule has 0 spiro atoms. The molecule has 0 unspecified atom stereocenters. The van der Waals surface area contributed by atoms with Gasteiger partial charge in [0.1, 0.15) is 5.75 Å². The van der Waals surface area contributed by atoms with Crippen LogP contribution in [0.3, 0.4) is 0 Å². The Labute approximate surface area is 130 Å². The third kappa shape index (κ3) is 24.9. The van der Waals surface area contributed by atoms with E-state index in [0.717, 1.165) is 12.2 Å². The third-order valence-electron chi connectivity index (χ3n) is 1.60. The maximum atomic E-state index is 8.36. The van der Waals surface area contributed by atoms with Crippen LogP contribution in [0.5, 0.6) is 5.75 Å². The highest BCUT2D eigenvalue weighted by Crippen LogP contribution is 2.21. The van der Waals surface area contributed by atoms with Crippen molar-refractivity contribution in [1.29, 1.82) is 0 Å². The van der Waals surface area contributed by atoms with E-state index in [2.05, 4.69) is 6.07 Å². The zero-order chi connectivity index (χ0) is 10.4. The molecule has 0 fully saturated rings. The van der Waals surface area contributed by atoms with E-state index < -0.39 is 5.09 Å². The minimum absolute atomic E-state index is 0. The largest absolute Gasteiger partial charge is 0.465 e. The van der Waals surface area contributed by atoms with Crippen LogP contribution in [0.25, 0.3) is 0 Å². The number of benzene rings is 1. The summed E-state index contributed by atoms with van der Waals surface area (Å²) in [5.41, 5.74) is 1.27. The van der Waals surface area contributed by atoms with Gasteiger partial charge in [-0.05, 0) is 24.1 Å². The van der Waals surface area contributed by atoms with Gasteiger partial charge in [0.25, 0.3) is 5.09 Å². The molecule has 1 aromatic carbocycles. The summed E-state index contributed by atoms with van der Waals surface area (Å²) < 4.78 is 5.24. The molecule has 0 saturated heterocycles. The van der Waals surface area contributed by atoms with E-state index in [-0.39, 0.29) is 49.3 Å². The van der Waals surface area contributed by atoms with Crippen LogP contribution in [0.2, 0.25) is 0 Å². The maximum absolute atomic E-state index is 8.36. The molecule has 2 rings (SSSR count). The molecular weight excluding hydrogens is 330 g/mol. The third-order valence-corrected chi connectivity index (χ3v) is 1.60. The predicted molar refractivity (Wildman–Crippen MR) is 81.2 cm³/mol. The number of para-hydroxylation sites is 1. The quantitative estimate of drug-likeness (QED) is 0.350. The van der Waals surface area contributed by atoms with Crippen LogP contribution < -0.4 is 4.74 Å². The molecule has 0 aromatic heterocycles. The molecule has 23 heavy (non-hydrogen) atoms. The molecule has 14 nitrogen and oxygen atoms in total. The summed E-state index contributed by atoms with van der Waals surface area (Å²) in [6.45, 7) is 0. The number of nitrogens with zero attached hydrogens (tertiary/aromatic N) is 1. The highest BCUT2D eigenvalue weighted by atomic mass is 16.9. The van der Waals surface area contributed by atoms with Crippen molar-refractivity contribution in [3.8, 4) is 5.75 Å². The van der Waals surface area contributed by atoms with Gasteiger partial charge in [-0.25, -0.2) is 0 Å². The second-order valence-electron chi connectivity index (χ2n) is 2.54. The summed E-state index contributed by atoms with van der Waals surface area (Å²) >= 11 is 0. The first kappa shape index (κ1) is 58.8. The molecule has 1 aliphatic rings. The monoisotopic (exact) mass is 357 g/mol. The fourth-order valence-corrected chi connectivity index (χ4v) is 1.08. The van der Waals surface area contributed by atoms with E-state index in [1.165, 1.54) is 5.56 Å². The number of fused-ring (bicyclic) bond motifs is 1. The Morgan fingerprint density at radius 2 is 1.30 bits per heavy atom. The maximum Gasteiger partial charge on any atom is 0.291 e. The van der Waals surface area contributed by atoms with E-state index in [4.69, 9.17) is 20.1 Å². The van der Waals surface area contributed by atoms with Crippen molar-refractivity contribution in [1.82, 2.24) is 0 Å². The highest BCUT2D eigenvalue weighted by Gasteiger charge is 2.02. The molecule has 146 valence electrons. The van der Waals surface area contributed by atoms with Gasteiger partial charge in [0.05, 0.1) is 6.26 Å². The molecule has 1 aromatic rings. The second-order valence-corrected chi connectivity index (χ2v) is 2.54. The summed E-state index contributed by atoms with van der Waals surface area (Å²) in [4.78, 5) is 8.36. The van der Waals surface area contributed by atoms with Gasteiger partial charge in [-0.1, -0.05) is 18.2 Å². The summed E-state index contributed by atoms with van der Waals surface area (Å²) in [5.74, 6) is 0.991. The average Bonchev–Trinajstić information content (AvgIpc) is 2.17. The molecule has 0 amide bonds. The van der Waals surface area contributed by atoms with Crippen LogP contribution in [-0.2, 0) is 6.42 Å². The van der Waals surface area contributed by atoms with Crippen LogP contribution in [-0.4, -0.2) is 59.6 Å². The van der Waals surface area contributed by atoms with Crippen LogP contribution in [0.4, 0.5) is 0 Å². The lowest BCUT2D eigenvalue weighted by Crippen LogP contribution is -1.94. The van der Waals surface area contributed by atoms with E-state index in [1.54, 1.807) is 6.26 Å². The fourth-order valence-electron chi connectivity index (χ4n) is 1.08. The predicted octanol–water partition coefficient (Wildman–Crippen LogP) is -5.63. The van der Waals surface area contributed by atoms with Gasteiger partial charge in [0.15, 0.2) is 0 Å². The summed E-state index contributed by atoms with van der Waals surface area (Å²) in [6.07, 6.45) is 4.75. The van der Waals surface area contributed by atoms with E-state index in [0.29, 0.717) is 0 Å². The zero-order valence-corrected chi connectivity index (χ0v) is 11.8. The van der Waals surface area contributed by atoms with Gasteiger partial charge in [-0.2, -0.15) is 0 Å². The van der Waals surface area contributed by atoms with Crippen molar-refractivity contribution in [3.05, 3.63) is 52.3 Å². The van der Waals surface area contributed by atoms with Gasteiger partial charge in [0.2, 0.25) is 0 Å². The molecule has 14 heteroatoms. The minimum Gasteiger partial charge on any atom is -0.465 e. The summed E-state index contributed by atoms with van der Waals surface area (Å²) in [5, 5.41) is 13.6. The Bertz CT molecular complexity index is 328. The lowest BCUT2D eigenvalue weighted by atomic mass is 10.1. The first-order valence-electron chi connectivity index (χ1n) is 3.93. The van der Waals surface area contributed by atoms with E-state index >= 15 is 0 Å².